The van der Waals surface area contributed by atoms with Gasteiger partial charge >= 0.3 is 0 Å². The van der Waals surface area contributed by atoms with E-state index in [1.807, 2.05) is 24.3 Å². The van der Waals surface area contributed by atoms with Crippen molar-refractivity contribution in [2.45, 2.75) is 12.3 Å². The Morgan fingerprint density at radius 1 is 1.05 bits per heavy atom. The van der Waals surface area contributed by atoms with Crippen molar-refractivity contribution in [3.63, 3.8) is 0 Å². The van der Waals surface area contributed by atoms with Crippen LogP contribution in [0.4, 0.5) is 4.39 Å². The van der Waals surface area contributed by atoms with Crippen molar-refractivity contribution in [2.24, 2.45) is 4.36 Å². The molecule has 0 heterocycles. The lowest BCUT2D eigenvalue weighted by Gasteiger charge is -2.06. The van der Waals surface area contributed by atoms with E-state index in [0.29, 0.717) is 12.3 Å². The summed E-state index contributed by atoms with van der Waals surface area (Å²) in [6, 6.07) is 13.5. The van der Waals surface area contributed by atoms with Gasteiger partial charge in [0.05, 0.1) is 19.4 Å². The molecule has 0 bridgehead atoms. The minimum atomic E-state index is -2.34. The van der Waals surface area contributed by atoms with Gasteiger partial charge in [0, 0.05) is 16.0 Å². The second-order valence-electron chi connectivity index (χ2n) is 4.87. The van der Waals surface area contributed by atoms with E-state index in [4.69, 9.17) is 4.74 Å². The average molecular weight is 307 g/mol. The van der Waals surface area contributed by atoms with E-state index < -0.39 is 9.73 Å². The second kappa shape index (κ2) is 6.72. The van der Waals surface area contributed by atoms with Crippen molar-refractivity contribution < 1.29 is 13.3 Å². The van der Waals surface area contributed by atoms with E-state index in [0.717, 1.165) is 16.9 Å². The third-order valence-electron chi connectivity index (χ3n) is 3.03. The van der Waals surface area contributed by atoms with Gasteiger partial charge in [-0.2, -0.15) is 0 Å². The largest absolute Gasteiger partial charge is 0.497 e. The van der Waals surface area contributed by atoms with Crippen LogP contribution in [0.3, 0.4) is 0 Å². The maximum atomic E-state index is 12.8. The van der Waals surface area contributed by atoms with Crippen LogP contribution in [0.15, 0.2) is 52.9 Å². The molecule has 0 aliphatic carbocycles. The predicted octanol–water partition coefficient (Wildman–Crippen LogP) is 3.63. The van der Waals surface area contributed by atoms with Crippen molar-refractivity contribution in [1.82, 2.24) is 0 Å². The minimum absolute atomic E-state index is 0.295. The van der Waals surface area contributed by atoms with E-state index in [-0.39, 0.29) is 5.82 Å². The summed E-state index contributed by atoms with van der Waals surface area (Å²) >= 11 is 0. The first-order valence-corrected chi connectivity index (χ1v) is 8.61. The zero-order chi connectivity index (χ0) is 15.3. The highest BCUT2D eigenvalue weighted by Gasteiger charge is 2.04. The van der Waals surface area contributed by atoms with Crippen LogP contribution in [0, 0.1) is 5.82 Å². The Morgan fingerprint density at radius 3 is 2.19 bits per heavy atom. The number of hydrogen-bond acceptors (Lipinski definition) is 3. The van der Waals surface area contributed by atoms with Gasteiger partial charge in [-0.3, -0.25) is 0 Å². The van der Waals surface area contributed by atoms with Crippen molar-refractivity contribution in [1.29, 1.82) is 0 Å². The fourth-order valence-corrected chi connectivity index (χ4v) is 3.20. The van der Waals surface area contributed by atoms with Gasteiger partial charge in [0.25, 0.3) is 0 Å². The molecule has 0 saturated carbocycles. The SMILES string of the molecule is COc1ccc(CN=S(C)(=O)Cc2ccc(F)cc2)cc1. The van der Waals surface area contributed by atoms with E-state index in [1.165, 1.54) is 12.1 Å². The summed E-state index contributed by atoms with van der Waals surface area (Å²) in [4.78, 5) is 0. The number of nitrogens with zero attached hydrogens (tertiary/aromatic N) is 1. The number of methoxy groups -OCH3 is 1. The molecule has 0 aromatic heterocycles. The molecule has 0 aliphatic heterocycles. The van der Waals surface area contributed by atoms with Crippen molar-refractivity contribution in [3.05, 3.63) is 65.5 Å². The van der Waals surface area contributed by atoms with E-state index >= 15 is 0 Å². The molecule has 2 rings (SSSR count). The Kier molecular flexibility index (Phi) is 4.96. The summed E-state index contributed by atoms with van der Waals surface area (Å²) in [5.74, 6) is 0.808. The molecular formula is C16H18FNO2S. The Hall–Kier alpha value is -1.88. The number of benzene rings is 2. The Balaban J connectivity index is 2.07. The van der Waals surface area contributed by atoms with Crippen LogP contribution in [0.5, 0.6) is 5.75 Å². The van der Waals surface area contributed by atoms with Gasteiger partial charge in [0.1, 0.15) is 11.6 Å². The first-order valence-electron chi connectivity index (χ1n) is 6.51. The van der Waals surface area contributed by atoms with Gasteiger partial charge in [-0.25, -0.2) is 13.0 Å². The van der Waals surface area contributed by atoms with Crippen LogP contribution in [0.1, 0.15) is 11.1 Å². The van der Waals surface area contributed by atoms with Crippen LogP contribution < -0.4 is 4.74 Å². The Morgan fingerprint density at radius 2 is 1.62 bits per heavy atom. The van der Waals surface area contributed by atoms with Crippen molar-refractivity contribution in [2.75, 3.05) is 13.4 Å². The molecule has 21 heavy (non-hydrogen) atoms. The zero-order valence-electron chi connectivity index (χ0n) is 12.1. The summed E-state index contributed by atoms with van der Waals surface area (Å²) in [7, 11) is -0.728. The predicted molar refractivity (Wildman–Crippen MR) is 83.3 cm³/mol. The first kappa shape index (κ1) is 15.5. The minimum Gasteiger partial charge on any atom is -0.497 e. The number of rotatable bonds is 5. The molecule has 112 valence electrons. The molecule has 0 fully saturated rings. The summed E-state index contributed by atoms with van der Waals surface area (Å²) in [5.41, 5.74) is 1.80. The lowest BCUT2D eigenvalue weighted by molar-refractivity contribution is 0.414. The smallest absolute Gasteiger partial charge is 0.123 e. The van der Waals surface area contributed by atoms with Crippen LogP contribution >= 0.6 is 0 Å². The van der Waals surface area contributed by atoms with E-state index in [1.54, 1.807) is 25.5 Å². The third kappa shape index (κ3) is 4.86. The number of halogens is 1. The molecule has 0 saturated heterocycles. The van der Waals surface area contributed by atoms with Gasteiger partial charge < -0.3 is 4.74 Å². The molecule has 1 unspecified atom stereocenters. The summed E-state index contributed by atoms with van der Waals surface area (Å²) in [6.45, 7) is 0.389. The summed E-state index contributed by atoms with van der Waals surface area (Å²) in [5, 5.41) is 0. The maximum Gasteiger partial charge on any atom is 0.123 e. The standard InChI is InChI=1S/C16H18FNO2S/c1-20-16-9-5-13(6-10-16)11-18-21(2,19)12-14-3-7-15(17)8-4-14/h3-10H,11-12H2,1-2H3. The fourth-order valence-electron chi connectivity index (χ4n) is 1.88. The van der Waals surface area contributed by atoms with Gasteiger partial charge in [-0.15, -0.1) is 0 Å². The Labute approximate surface area is 125 Å². The van der Waals surface area contributed by atoms with Crippen LogP contribution in [0.2, 0.25) is 0 Å². The molecule has 0 N–H and O–H groups in total. The molecular weight excluding hydrogens is 289 g/mol. The molecule has 2 aromatic carbocycles. The highest BCUT2D eigenvalue weighted by Crippen LogP contribution is 2.14. The molecule has 1 atom stereocenters. The van der Waals surface area contributed by atoms with Crippen LogP contribution in [-0.4, -0.2) is 17.6 Å². The van der Waals surface area contributed by atoms with Gasteiger partial charge in [0.2, 0.25) is 0 Å². The highest BCUT2D eigenvalue weighted by atomic mass is 32.2. The molecule has 2 aromatic rings. The van der Waals surface area contributed by atoms with Gasteiger partial charge in [-0.1, -0.05) is 24.3 Å². The lowest BCUT2D eigenvalue weighted by atomic mass is 10.2. The van der Waals surface area contributed by atoms with Gasteiger partial charge in [0.15, 0.2) is 0 Å². The zero-order valence-corrected chi connectivity index (χ0v) is 12.9. The van der Waals surface area contributed by atoms with E-state index in [2.05, 4.69) is 4.36 Å². The molecule has 5 heteroatoms. The maximum absolute atomic E-state index is 12.8. The first-order chi connectivity index (χ1) is 9.98. The fraction of sp³-hybridized carbons (Fsp3) is 0.250. The summed E-state index contributed by atoms with van der Waals surface area (Å²) < 4.78 is 34.7. The third-order valence-corrected chi connectivity index (χ3v) is 4.57. The molecule has 0 amide bonds. The molecule has 0 radical (unpaired) electrons. The monoisotopic (exact) mass is 307 g/mol. The summed E-state index contributed by atoms with van der Waals surface area (Å²) in [6.07, 6.45) is 1.62. The number of ether oxygens (including phenoxy) is 1. The second-order valence-corrected chi connectivity index (χ2v) is 7.33. The van der Waals surface area contributed by atoms with Crippen LogP contribution in [0.25, 0.3) is 0 Å². The van der Waals surface area contributed by atoms with Crippen LogP contribution in [-0.2, 0) is 22.0 Å². The van der Waals surface area contributed by atoms with Crippen molar-refractivity contribution >= 4 is 9.73 Å². The average Bonchev–Trinajstić information content (AvgIpc) is 2.48. The quantitative estimate of drug-likeness (QED) is 0.846. The normalized spacial score (nSPS) is 13.5. The number of hydrogen-bond donors (Lipinski definition) is 0. The van der Waals surface area contributed by atoms with E-state index in [9.17, 15) is 8.60 Å². The Bertz CT molecular complexity index is 702. The molecule has 3 nitrogen and oxygen atoms in total. The molecule has 0 aliphatic rings. The van der Waals surface area contributed by atoms with Gasteiger partial charge in [-0.05, 0) is 35.4 Å². The molecule has 0 spiro atoms. The van der Waals surface area contributed by atoms with Crippen molar-refractivity contribution in [3.8, 4) is 5.75 Å². The topological polar surface area (TPSA) is 38.7 Å². The lowest BCUT2D eigenvalue weighted by Crippen LogP contribution is -2.02. The highest BCUT2D eigenvalue weighted by molar-refractivity contribution is 7.92.